The van der Waals surface area contributed by atoms with Crippen LogP contribution < -0.4 is 10.6 Å². The third-order valence-electron chi connectivity index (χ3n) is 7.10. The smallest absolute Gasteiger partial charge is 0.408 e. The minimum Gasteiger partial charge on any atom is -0.480 e. The molecule has 0 spiro atoms. The number of nitrogens with one attached hydrogen (secondary N) is 2. The molecule has 35 heavy (non-hydrogen) atoms. The van der Waals surface area contributed by atoms with E-state index in [-0.39, 0.29) is 25.1 Å². The number of hydrogen-bond acceptors (Lipinski definition) is 5. The first-order chi connectivity index (χ1) is 16.5. The fourth-order valence-corrected chi connectivity index (χ4v) is 5.16. The zero-order valence-electron chi connectivity index (χ0n) is 20.5. The lowest BCUT2D eigenvalue weighted by Gasteiger charge is -2.36. The van der Waals surface area contributed by atoms with Gasteiger partial charge in [0.15, 0.2) is 0 Å². The number of amides is 4. The molecule has 0 aromatic heterocycles. The normalized spacial score (nSPS) is 23.5. The predicted molar refractivity (Wildman–Crippen MR) is 128 cm³/mol. The third-order valence-corrected chi connectivity index (χ3v) is 7.10. The monoisotopic (exact) mass is 486 g/mol. The van der Waals surface area contributed by atoms with Gasteiger partial charge in [0.2, 0.25) is 5.91 Å². The van der Waals surface area contributed by atoms with Crippen molar-refractivity contribution < 1.29 is 29.0 Å². The molecule has 1 saturated heterocycles. The summed E-state index contributed by atoms with van der Waals surface area (Å²) in [5, 5.41) is 15.4. The Balaban J connectivity index is 1.51. The molecule has 1 unspecified atom stereocenters. The Morgan fingerprint density at radius 2 is 1.86 bits per heavy atom. The van der Waals surface area contributed by atoms with E-state index in [2.05, 4.69) is 10.6 Å². The minimum absolute atomic E-state index is 0.0668. The number of ether oxygens (including phenoxy) is 1. The van der Waals surface area contributed by atoms with Crippen molar-refractivity contribution in [1.29, 1.82) is 0 Å². The second-order valence-corrected chi connectivity index (χ2v) is 10.7. The van der Waals surface area contributed by atoms with E-state index in [4.69, 9.17) is 4.74 Å². The zero-order valence-corrected chi connectivity index (χ0v) is 20.5. The number of rotatable bonds is 5. The van der Waals surface area contributed by atoms with Gasteiger partial charge >= 0.3 is 18.1 Å². The summed E-state index contributed by atoms with van der Waals surface area (Å²) >= 11 is 0. The van der Waals surface area contributed by atoms with Crippen LogP contribution in [0.1, 0.15) is 58.4 Å². The van der Waals surface area contributed by atoms with E-state index < -0.39 is 41.5 Å². The molecule has 190 valence electrons. The summed E-state index contributed by atoms with van der Waals surface area (Å²) < 4.78 is 5.49. The molecular weight excluding hydrogens is 452 g/mol. The molecule has 0 bridgehead atoms. The number of carbonyl (C=O) groups excluding carboxylic acids is 3. The van der Waals surface area contributed by atoms with E-state index in [1.54, 1.807) is 4.90 Å². The average molecular weight is 487 g/mol. The van der Waals surface area contributed by atoms with Crippen LogP contribution in [-0.4, -0.2) is 69.7 Å². The Hall–Kier alpha value is -3.30. The zero-order chi connectivity index (χ0) is 25.3. The van der Waals surface area contributed by atoms with Gasteiger partial charge in [0.05, 0.1) is 6.04 Å². The van der Waals surface area contributed by atoms with E-state index in [0.717, 1.165) is 36.9 Å². The highest BCUT2D eigenvalue weighted by Gasteiger charge is 2.47. The molecule has 1 saturated carbocycles. The Morgan fingerprint density at radius 1 is 1.17 bits per heavy atom. The number of fused-ring (bicyclic) bond motifs is 1. The maximum atomic E-state index is 13.7. The van der Waals surface area contributed by atoms with E-state index in [0.29, 0.717) is 6.54 Å². The summed E-state index contributed by atoms with van der Waals surface area (Å²) in [4.78, 5) is 54.0. The van der Waals surface area contributed by atoms with Crippen LogP contribution in [0.4, 0.5) is 15.3 Å². The van der Waals surface area contributed by atoms with Crippen LogP contribution in [0.2, 0.25) is 0 Å². The minimum atomic E-state index is -1.14. The largest absolute Gasteiger partial charge is 0.480 e. The number of hydrogen-bond donors (Lipinski definition) is 3. The third kappa shape index (κ3) is 5.36. The first-order valence-electron chi connectivity index (χ1n) is 12.2. The van der Waals surface area contributed by atoms with E-state index in [1.807, 2.05) is 45.0 Å². The Bertz CT molecular complexity index is 1000. The molecule has 10 heteroatoms. The van der Waals surface area contributed by atoms with Crippen molar-refractivity contribution in [2.24, 2.45) is 5.41 Å². The number of benzene rings is 1. The molecule has 1 aromatic rings. The molecule has 2 heterocycles. The van der Waals surface area contributed by atoms with Crippen LogP contribution in [-0.2, 0) is 20.9 Å². The van der Waals surface area contributed by atoms with Gasteiger partial charge in [-0.3, -0.25) is 4.79 Å². The van der Waals surface area contributed by atoms with E-state index in [9.17, 15) is 24.3 Å². The number of carboxylic acids is 1. The number of urea groups is 1. The van der Waals surface area contributed by atoms with Crippen molar-refractivity contribution >= 4 is 29.7 Å². The molecule has 2 fully saturated rings. The summed E-state index contributed by atoms with van der Waals surface area (Å²) in [5.41, 5.74) is 0.967. The molecule has 4 rings (SSSR count). The van der Waals surface area contributed by atoms with E-state index >= 15 is 0 Å². The SMILES string of the molecule is CC(C)(C)[C@H](NC(=O)OC1CCCC1)C(=O)N1CC(N2Cc3ccccc3NC2=O)C[C@H]1C(=O)O. The number of carbonyl (C=O) groups is 4. The fourth-order valence-electron chi connectivity index (χ4n) is 5.16. The highest BCUT2D eigenvalue weighted by molar-refractivity contribution is 5.93. The van der Waals surface area contributed by atoms with Gasteiger partial charge in [0.1, 0.15) is 18.2 Å². The maximum absolute atomic E-state index is 13.7. The topological polar surface area (TPSA) is 128 Å². The molecule has 3 aliphatic rings. The van der Waals surface area contributed by atoms with Gasteiger partial charge in [-0.15, -0.1) is 0 Å². The number of alkyl carbamates (subject to hydrolysis) is 1. The van der Waals surface area contributed by atoms with Crippen LogP contribution in [0.3, 0.4) is 0 Å². The summed E-state index contributed by atoms with van der Waals surface area (Å²) in [5.74, 6) is -1.63. The molecule has 1 aliphatic carbocycles. The number of aliphatic carboxylic acids is 1. The van der Waals surface area contributed by atoms with Gasteiger partial charge < -0.3 is 30.3 Å². The summed E-state index contributed by atoms with van der Waals surface area (Å²) in [6.45, 7) is 5.82. The average Bonchev–Trinajstić information content (AvgIpc) is 3.46. The van der Waals surface area contributed by atoms with Crippen LogP contribution in [0.15, 0.2) is 24.3 Å². The lowest BCUT2D eigenvalue weighted by molar-refractivity contribution is -0.150. The summed E-state index contributed by atoms with van der Waals surface area (Å²) in [7, 11) is 0. The van der Waals surface area contributed by atoms with Crippen LogP contribution in [0.25, 0.3) is 0 Å². The standard InChI is InChI=1S/C25H34N4O6/c1-25(2,3)20(27-24(34)35-17-9-5-6-10-17)21(30)29-14-16(12-19(29)22(31)32)28-13-15-8-4-7-11-18(15)26-23(28)33/h4,7-8,11,16-17,19-20H,5-6,9-10,12-14H2,1-3H3,(H,26,33)(H,27,34)(H,31,32)/t16?,19-,20+/m0/s1. The Kier molecular flexibility index (Phi) is 6.91. The van der Waals surface area contributed by atoms with Gasteiger partial charge in [-0.25, -0.2) is 14.4 Å². The van der Waals surface area contributed by atoms with Crippen molar-refractivity contribution in [2.75, 3.05) is 11.9 Å². The summed E-state index contributed by atoms with van der Waals surface area (Å²) in [6, 6.07) is 4.56. The van der Waals surface area contributed by atoms with Crippen LogP contribution >= 0.6 is 0 Å². The number of anilines is 1. The predicted octanol–water partition coefficient (Wildman–Crippen LogP) is 3.17. The lowest BCUT2D eigenvalue weighted by atomic mass is 9.85. The fraction of sp³-hybridized carbons (Fsp3) is 0.600. The molecule has 0 radical (unpaired) electrons. The number of likely N-dealkylation sites (tertiary alicyclic amines) is 1. The van der Waals surface area contributed by atoms with Crippen molar-refractivity contribution in [3.63, 3.8) is 0 Å². The summed E-state index contributed by atoms with van der Waals surface area (Å²) in [6.07, 6.45) is 2.90. The molecule has 3 N–H and O–H groups in total. The van der Waals surface area contributed by atoms with Gasteiger partial charge in [0.25, 0.3) is 0 Å². The van der Waals surface area contributed by atoms with Crippen LogP contribution in [0, 0.1) is 5.41 Å². The molecular formula is C25H34N4O6. The van der Waals surface area contributed by atoms with Gasteiger partial charge in [0, 0.05) is 25.2 Å². The number of para-hydroxylation sites is 1. The Morgan fingerprint density at radius 3 is 2.51 bits per heavy atom. The molecule has 1 aromatic carbocycles. The Labute approximate surface area is 205 Å². The van der Waals surface area contributed by atoms with Crippen LogP contribution in [0.5, 0.6) is 0 Å². The number of carboxylic acid groups (broad SMARTS) is 1. The van der Waals surface area contributed by atoms with E-state index in [1.165, 1.54) is 4.90 Å². The quantitative estimate of drug-likeness (QED) is 0.586. The first kappa shape index (κ1) is 24.8. The first-order valence-corrected chi connectivity index (χ1v) is 12.2. The van der Waals surface area contributed by atoms with Crippen molar-refractivity contribution in [3.8, 4) is 0 Å². The van der Waals surface area contributed by atoms with Crippen molar-refractivity contribution in [3.05, 3.63) is 29.8 Å². The highest BCUT2D eigenvalue weighted by Crippen LogP contribution is 2.32. The highest BCUT2D eigenvalue weighted by atomic mass is 16.6. The maximum Gasteiger partial charge on any atom is 0.408 e. The van der Waals surface area contributed by atoms with Crippen molar-refractivity contribution in [2.45, 2.75) is 83.6 Å². The lowest BCUT2D eigenvalue weighted by Crippen LogP contribution is -2.57. The second-order valence-electron chi connectivity index (χ2n) is 10.7. The second kappa shape index (κ2) is 9.75. The van der Waals surface area contributed by atoms with Crippen molar-refractivity contribution in [1.82, 2.24) is 15.1 Å². The molecule has 10 nitrogen and oxygen atoms in total. The van der Waals surface area contributed by atoms with Gasteiger partial charge in [-0.2, -0.15) is 0 Å². The number of nitrogens with zero attached hydrogens (tertiary/aromatic N) is 2. The molecule has 4 amide bonds. The molecule has 3 atom stereocenters. The van der Waals surface area contributed by atoms with Gasteiger partial charge in [-0.1, -0.05) is 39.0 Å². The van der Waals surface area contributed by atoms with Gasteiger partial charge in [-0.05, 0) is 42.7 Å². The molecule has 2 aliphatic heterocycles.